The second kappa shape index (κ2) is 42.4. The van der Waals surface area contributed by atoms with Gasteiger partial charge in [0.25, 0.3) is 0 Å². The molecule has 0 saturated heterocycles. The van der Waals surface area contributed by atoms with Gasteiger partial charge in [-0.3, -0.25) is 0 Å². The fraction of sp³-hybridized carbons (Fsp3) is 0.667. The molecule has 9 rings (SSSR count). The molecule has 3 saturated carbocycles. The van der Waals surface area contributed by atoms with Crippen molar-refractivity contribution in [2.45, 2.75) is 467 Å². The standard InChI is InChI=1S/3C36H58N2O2.ClH.2Mn/c3*1-33(2,3)25-17-23(31(39)27(19-25)35(7,8)9)21-37-29-15-13-14-16-30(29)38-22-24-18-26(34(4,5)6)20-28(32(24)40)36(10,11)12;;;/h3*17-20,29-30,37-40H,13-16,21-22H2,1-12H3;1H;;/q;;;;2*+3/p-7/t29-,30-;;;;;/m1...../s1. The average Bonchev–Trinajstić information content (AvgIpc) is 0.808. The van der Waals surface area contributed by atoms with Crippen molar-refractivity contribution in [3.63, 3.8) is 0 Å². The molecule has 688 valence electrons. The largest absolute Gasteiger partial charge is 3.00 e. The van der Waals surface area contributed by atoms with E-state index in [1.54, 1.807) is 0 Å². The van der Waals surface area contributed by atoms with E-state index >= 15 is 0 Å². The van der Waals surface area contributed by atoms with Crippen molar-refractivity contribution in [1.29, 1.82) is 0 Å². The molecule has 0 aliphatic heterocycles. The Kier molecular flexibility index (Phi) is 38.1. The van der Waals surface area contributed by atoms with Crippen LogP contribution in [0.2, 0.25) is 0 Å². The maximum Gasteiger partial charge on any atom is 3.00 e. The van der Waals surface area contributed by atoms with Crippen molar-refractivity contribution in [2.24, 2.45) is 0 Å². The molecule has 0 spiro atoms. The van der Waals surface area contributed by atoms with E-state index in [1.807, 2.05) is 0 Å². The molecule has 6 N–H and O–H groups in total. The third kappa shape index (κ3) is 30.4. The Bertz CT molecular complexity index is 3700. The van der Waals surface area contributed by atoms with Gasteiger partial charge in [-0.2, -0.15) is 0 Å². The van der Waals surface area contributed by atoms with Crippen LogP contribution in [0.5, 0.6) is 34.5 Å². The van der Waals surface area contributed by atoms with E-state index in [-0.39, 0.29) is 182 Å². The van der Waals surface area contributed by atoms with Crippen molar-refractivity contribution >= 4 is 0 Å². The maximum absolute atomic E-state index is 13.5. The Hall–Kier alpha value is -4.79. The van der Waals surface area contributed by atoms with Gasteiger partial charge in [-0.15, -0.1) is 34.5 Å². The van der Waals surface area contributed by atoms with Crippen LogP contribution in [0.25, 0.3) is 0 Å². The first-order valence-corrected chi connectivity index (χ1v) is 46.1. The molecule has 15 heteroatoms. The van der Waals surface area contributed by atoms with Crippen LogP contribution in [0.4, 0.5) is 0 Å². The van der Waals surface area contributed by atoms with Gasteiger partial charge in [0, 0.05) is 75.5 Å². The predicted octanol–water partition coefficient (Wildman–Crippen LogP) is 18.6. The van der Waals surface area contributed by atoms with Crippen LogP contribution in [0.3, 0.4) is 0 Å². The number of hydrogen-bond acceptors (Lipinski definition) is 12. The van der Waals surface area contributed by atoms with Crippen LogP contribution in [0.1, 0.15) is 426 Å². The first-order chi connectivity index (χ1) is 54.6. The second-order valence-corrected chi connectivity index (χ2v) is 48.9. The molecule has 123 heavy (non-hydrogen) atoms. The summed E-state index contributed by atoms with van der Waals surface area (Å²) in [5.41, 5.74) is 16.4. The molecule has 6 aromatic rings. The van der Waals surface area contributed by atoms with Gasteiger partial charge in [0.2, 0.25) is 0 Å². The van der Waals surface area contributed by atoms with E-state index < -0.39 is 0 Å². The molecular weight excluding hydrogens is 1620 g/mol. The van der Waals surface area contributed by atoms with Crippen LogP contribution >= 0.6 is 0 Å². The van der Waals surface area contributed by atoms with E-state index in [0.29, 0.717) is 39.3 Å². The zero-order valence-corrected chi connectivity index (χ0v) is 86.8. The molecule has 3 aliphatic rings. The number of benzene rings is 6. The van der Waals surface area contributed by atoms with E-state index in [9.17, 15) is 30.6 Å². The van der Waals surface area contributed by atoms with Crippen molar-refractivity contribution in [3.8, 4) is 34.5 Å². The molecule has 0 amide bonds. The summed E-state index contributed by atoms with van der Waals surface area (Å²) in [7, 11) is 0. The molecule has 3 aliphatic carbocycles. The number of hydrogen-bond donors (Lipinski definition) is 6. The molecule has 0 aromatic heterocycles. The predicted molar refractivity (Wildman–Crippen MR) is 499 cm³/mol. The zero-order valence-electron chi connectivity index (χ0n) is 83.7. The average molecular weight is 1790 g/mol. The molecule has 3 fully saturated rings. The van der Waals surface area contributed by atoms with Gasteiger partial charge >= 0.3 is 34.1 Å². The molecular formula is C108H168ClMn2N6O6-. The summed E-state index contributed by atoms with van der Waals surface area (Å²) in [5.74, 6) is 0.989. The summed E-state index contributed by atoms with van der Waals surface area (Å²) in [6, 6.07) is 27.0. The quantitative estimate of drug-likeness (QED) is 0.0444. The van der Waals surface area contributed by atoms with Crippen LogP contribution in [0, 0.1) is 0 Å². The van der Waals surface area contributed by atoms with Crippen LogP contribution in [-0.2, 0) is 138 Å². The van der Waals surface area contributed by atoms with Gasteiger partial charge in [0.05, 0.1) is 0 Å². The van der Waals surface area contributed by atoms with Crippen molar-refractivity contribution in [1.82, 2.24) is 31.9 Å². The first-order valence-electron chi connectivity index (χ1n) is 46.1. The summed E-state index contributed by atoms with van der Waals surface area (Å²) in [6.07, 6.45) is 13.5. The van der Waals surface area contributed by atoms with Crippen LogP contribution in [0.15, 0.2) is 72.8 Å². The van der Waals surface area contributed by atoms with Crippen molar-refractivity contribution in [2.75, 3.05) is 0 Å². The third-order valence-corrected chi connectivity index (χ3v) is 25.7. The van der Waals surface area contributed by atoms with Gasteiger partial charge in [-0.05, 0) is 204 Å². The molecule has 12 nitrogen and oxygen atoms in total. The summed E-state index contributed by atoms with van der Waals surface area (Å²) in [6.45, 7) is 81.4. The Balaban J connectivity index is 0.000000383. The topological polar surface area (TPSA) is 211 Å². The van der Waals surface area contributed by atoms with Gasteiger partial charge in [-0.25, -0.2) is 0 Å². The molecule has 0 bridgehead atoms. The van der Waals surface area contributed by atoms with Gasteiger partial charge in [-0.1, -0.05) is 361 Å². The van der Waals surface area contributed by atoms with E-state index in [2.05, 4.69) is 354 Å². The van der Waals surface area contributed by atoms with E-state index in [1.165, 1.54) is 71.9 Å². The van der Waals surface area contributed by atoms with Gasteiger partial charge in [0.1, 0.15) is 0 Å². The molecule has 0 heterocycles. The first kappa shape index (κ1) is 111. The van der Waals surface area contributed by atoms with Crippen molar-refractivity contribution in [3.05, 3.63) is 173 Å². The number of rotatable bonds is 18. The van der Waals surface area contributed by atoms with Crippen LogP contribution in [-0.4, -0.2) is 36.3 Å². The third-order valence-electron chi connectivity index (χ3n) is 25.7. The van der Waals surface area contributed by atoms with Crippen molar-refractivity contribution < 1.29 is 77.2 Å². The molecule has 6 aromatic carbocycles. The fourth-order valence-electron chi connectivity index (χ4n) is 17.2. The molecule has 4 unspecified atom stereocenters. The minimum Gasteiger partial charge on any atom is -1.00 e. The maximum atomic E-state index is 13.5. The van der Waals surface area contributed by atoms with Crippen LogP contribution < -0.4 is 74.9 Å². The summed E-state index contributed by atoms with van der Waals surface area (Å²) >= 11 is 0. The zero-order chi connectivity index (χ0) is 90.8. The smallest absolute Gasteiger partial charge is 1.00 e. The molecule has 6 atom stereocenters. The summed E-state index contributed by atoms with van der Waals surface area (Å²) < 4.78 is 0. The minimum atomic E-state index is -0.203. The second-order valence-electron chi connectivity index (χ2n) is 48.9. The normalized spacial score (nSPS) is 18.7. The molecule has 0 radical (unpaired) electrons. The Morgan fingerprint density at radius 1 is 0.195 bits per heavy atom. The minimum absolute atomic E-state index is 0. The van der Waals surface area contributed by atoms with Gasteiger partial charge < -0.3 is 74.9 Å². The Morgan fingerprint density at radius 3 is 0.390 bits per heavy atom. The monoisotopic (exact) mass is 1790 g/mol. The fourth-order valence-corrected chi connectivity index (χ4v) is 17.2. The Morgan fingerprint density at radius 2 is 0.301 bits per heavy atom. The number of halogens is 1. The van der Waals surface area contributed by atoms with E-state index in [4.69, 9.17) is 0 Å². The van der Waals surface area contributed by atoms with E-state index in [0.717, 1.165) is 105 Å². The SMILES string of the molecule is CC(C)(C)c1cc(CNC2CCCCC2NCc2cc(C(C)(C)C)cc(C(C)(C)C)c2[O-])c([O-])c(C(C)(C)C)c1.CC(C)(C)c1cc(CNC2CCCCC2NCc2cc(C(C)(C)C)cc(C(C)(C)C)c2[O-])c([O-])c(C(C)(C)C)c1.CC(C)(C)c1cc(CN[C@@H]2CCCC[C@H]2NCc2cc(C(C)(C)C)cc(C(C)(C)C)c2[O-])c([O-])c(C(C)(C)C)c1.[Cl-].[Mn+3].[Mn+3]. The Labute approximate surface area is 777 Å². The summed E-state index contributed by atoms with van der Waals surface area (Å²) in [4.78, 5) is 0. The summed E-state index contributed by atoms with van der Waals surface area (Å²) in [5, 5.41) is 104. The van der Waals surface area contributed by atoms with Gasteiger partial charge in [0.15, 0.2) is 0 Å². The number of nitrogens with one attached hydrogen (secondary N) is 6.